The van der Waals surface area contributed by atoms with Gasteiger partial charge in [0.05, 0.1) is 24.5 Å². The molecule has 1 atom stereocenters. The fourth-order valence-electron chi connectivity index (χ4n) is 1.67. The summed E-state index contributed by atoms with van der Waals surface area (Å²) in [5, 5.41) is 8.96. The van der Waals surface area contributed by atoms with Crippen LogP contribution in [0.4, 0.5) is 0 Å². The van der Waals surface area contributed by atoms with Crippen LogP contribution >= 0.6 is 0 Å². The van der Waals surface area contributed by atoms with Gasteiger partial charge in [-0.3, -0.25) is 0 Å². The predicted molar refractivity (Wildman–Crippen MR) is 67.5 cm³/mol. The van der Waals surface area contributed by atoms with Gasteiger partial charge in [-0.15, -0.1) is 0 Å². The summed E-state index contributed by atoms with van der Waals surface area (Å²) in [5.74, 6) is 0.612. The van der Waals surface area contributed by atoms with Crippen molar-refractivity contribution >= 4 is 0 Å². The number of aliphatic hydroxyl groups excluding tert-OH is 1. The first-order valence-electron chi connectivity index (χ1n) is 5.60. The summed E-state index contributed by atoms with van der Waals surface area (Å²) >= 11 is 0. The molecule has 2 aromatic rings. The number of nitrogens with zero attached hydrogens (tertiary/aromatic N) is 1. The molecule has 17 heavy (non-hydrogen) atoms. The molecular formula is C13H17N3O. The molecule has 4 nitrogen and oxygen atoms in total. The lowest BCUT2D eigenvalue weighted by Gasteiger charge is -2.04. The first kappa shape index (κ1) is 11.8. The van der Waals surface area contributed by atoms with Gasteiger partial charge in [-0.1, -0.05) is 12.1 Å². The lowest BCUT2D eigenvalue weighted by molar-refractivity contribution is 0.264. The summed E-state index contributed by atoms with van der Waals surface area (Å²) < 4.78 is 0. The van der Waals surface area contributed by atoms with Gasteiger partial charge in [0.1, 0.15) is 5.82 Å². The Labute approximate surface area is 101 Å². The van der Waals surface area contributed by atoms with Gasteiger partial charge in [0.25, 0.3) is 0 Å². The molecule has 0 saturated carbocycles. The van der Waals surface area contributed by atoms with Crippen molar-refractivity contribution in [2.45, 2.75) is 19.9 Å². The van der Waals surface area contributed by atoms with Crippen LogP contribution in [0, 0.1) is 13.8 Å². The smallest absolute Gasteiger partial charge is 0.125 e. The molecule has 1 aromatic carbocycles. The van der Waals surface area contributed by atoms with Crippen molar-refractivity contribution in [1.29, 1.82) is 0 Å². The minimum atomic E-state index is -0.449. The van der Waals surface area contributed by atoms with Crippen LogP contribution in [0.2, 0.25) is 0 Å². The van der Waals surface area contributed by atoms with Gasteiger partial charge in [0.15, 0.2) is 0 Å². The Hall–Kier alpha value is -1.65. The van der Waals surface area contributed by atoms with Gasteiger partial charge >= 0.3 is 0 Å². The Morgan fingerprint density at radius 1 is 1.35 bits per heavy atom. The average Bonchev–Trinajstić information content (AvgIpc) is 2.81. The van der Waals surface area contributed by atoms with Crippen LogP contribution in [0.15, 0.2) is 24.4 Å². The summed E-state index contributed by atoms with van der Waals surface area (Å²) in [4.78, 5) is 7.31. The standard InChI is InChI=1S/C13H17N3O/c1-8-3-4-10(5-9(8)2)12-6-15-13(16-12)11(14)7-17/h3-6,11,17H,7,14H2,1-2H3,(H,15,16). The molecule has 0 saturated heterocycles. The number of benzene rings is 1. The molecule has 0 aliphatic carbocycles. The maximum atomic E-state index is 8.96. The van der Waals surface area contributed by atoms with E-state index in [1.54, 1.807) is 6.20 Å². The van der Waals surface area contributed by atoms with Crippen LogP contribution in [0.5, 0.6) is 0 Å². The number of aliphatic hydroxyl groups is 1. The fraction of sp³-hybridized carbons (Fsp3) is 0.308. The van der Waals surface area contributed by atoms with E-state index < -0.39 is 6.04 Å². The molecule has 0 bridgehead atoms. The van der Waals surface area contributed by atoms with Crippen molar-refractivity contribution < 1.29 is 5.11 Å². The first-order chi connectivity index (χ1) is 8.11. The lowest BCUT2D eigenvalue weighted by Crippen LogP contribution is -2.15. The number of aromatic nitrogens is 2. The maximum absolute atomic E-state index is 8.96. The summed E-state index contributed by atoms with van der Waals surface area (Å²) in [7, 11) is 0. The topological polar surface area (TPSA) is 74.9 Å². The number of H-pyrrole nitrogens is 1. The number of imidazole rings is 1. The van der Waals surface area contributed by atoms with E-state index in [9.17, 15) is 0 Å². The molecule has 1 heterocycles. The quantitative estimate of drug-likeness (QED) is 0.752. The molecule has 1 aromatic heterocycles. The van der Waals surface area contributed by atoms with Crippen LogP contribution < -0.4 is 5.73 Å². The van der Waals surface area contributed by atoms with Crippen molar-refractivity contribution in [3.05, 3.63) is 41.3 Å². The zero-order valence-electron chi connectivity index (χ0n) is 10.1. The van der Waals surface area contributed by atoms with E-state index in [1.165, 1.54) is 11.1 Å². The molecule has 2 rings (SSSR count). The third kappa shape index (κ3) is 2.38. The molecule has 0 amide bonds. The number of nitrogens with two attached hydrogens (primary N) is 1. The van der Waals surface area contributed by atoms with Crippen LogP contribution in [0.25, 0.3) is 11.3 Å². The van der Waals surface area contributed by atoms with Gasteiger partial charge in [-0.2, -0.15) is 0 Å². The second-order valence-electron chi connectivity index (χ2n) is 4.27. The number of rotatable bonds is 3. The highest BCUT2D eigenvalue weighted by molar-refractivity contribution is 5.60. The second kappa shape index (κ2) is 4.69. The number of aromatic amines is 1. The van der Waals surface area contributed by atoms with Crippen molar-refractivity contribution in [3.8, 4) is 11.3 Å². The van der Waals surface area contributed by atoms with Crippen molar-refractivity contribution in [1.82, 2.24) is 9.97 Å². The van der Waals surface area contributed by atoms with E-state index >= 15 is 0 Å². The van der Waals surface area contributed by atoms with E-state index in [2.05, 4.69) is 35.9 Å². The number of nitrogens with one attached hydrogen (secondary N) is 1. The zero-order chi connectivity index (χ0) is 12.4. The summed E-state index contributed by atoms with van der Waals surface area (Å²) in [6.45, 7) is 4.05. The Balaban J connectivity index is 2.33. The molecule has 1 unspecified atom stereocenters. The lowest BCUT2D eigenvalue weighted by atomic mass is 10.1. The van der Waals surface area contributed by atoms with Gasteiger partial charge in [0.2, 0.25) is 0 Å². The van der Waals surface area contributed by atoms with Crippen molar-refractivity contribution in [3.63, 3.8) is 0 Å². The summed E-state index contributed by atoms with van der Waals surface area (Å²) in [6, 6.07) is 5.79. The number of hydrogen-bond donors (Lipinski definition) is 3. The van der Waals surface area contributed by atoms with E-state index in [0.717, 1.165) is 11.3 Å². The molecule has 0 aliphatic rings. The molecule has 4 N–H and O–H groups in total. The highest BCUT2D eigenvalue weighted by atomic mass is 16.3. The Morgan fingerprint density at radius 2 is 2.12 bits per heavy atom. The molecular weight excluding hydrogens is 214 g/mol. The highest BCUT2D eigenvalue weighted by Crippen LogP contribution is 2.21. The molecule has 0 aliphatic heterocycles. The van der Waals surface area contributed by atoms with Crippen LogP contribution in [-0.2, 0) is 0 Å². The Kier molecular flexibility index (Phi) is 3.26. The highest BCUT2D eigenvalue weighted by Gasteiger charge is 2.10. The van der Waals surface area contributed by atoms with Gasteiger partial charge in [0, 0.05) is 0 Å². The number of hydrogen-bond acceptors (Lipinski definition) is 3. The van der Waals surface area contributed by atoms with Crippen LogP contribution in [-0.4, -0.2) is 21.7 Å². The van der Waals surface area contributed by atoms with E-state index in [-0.39, 0.29) is 6.61 Å². The van der Waals surface area contributed by atoms with E-state index in [1.807, 2.05) is 6.07 Å². The molecule has 4 heteroatoms. The zero-order valence-corrected chi connectivity index (χ0v) is 10.1. The van der Waals surface area contributed by atoms with Gasteiger partial charge in [-0.05, 0) is 36.6 Å². The van der Waals surface area contributed by atoms with Gasteiger partial charge in [-0.25, -0.2) is 4.98 Å². The minimum absolute atomic E-state index is 0.111. The van der Waals surface area contributed by atoms with Gasteiger partial charge < -0.3 is 15.8 Å². The van der Waals surface area contributed by atoms with Crippen LogP contribution in [0.1, 0.15) is 23.0 Å². The molecule has 0 radical (unpaired) electrons. The second-order valence-corrected chi connectivity index (χ2v) is 4.27. The molecule has 90 valence electrons. The third-order valence-corrected chi connectivity index (χ3v) is 2.96. The van der Waals surface area contributed by atoms with Crippen molar-refractivity contribution in [2.75, 3.05) is 6.61 Å². The maximum Gasteiger partial charge on any atom is 0.125 e. The fourth-order valence-corrected chi connectivity index (χ4v) is 1.67. The summed E-state index contributed by atoms with van der Waals surface area (Å²) in [6.07, 6.45) is 1.74. The molecule has 0 fully saturated rings. The van der Waals surface area contributed by atoms with Crippen LogP contribution in [0.3, 0.4) is 0 Å². The SMILES string of the molecule is Cc1ccc(-c2cnc(C(N)CO)[nH]2)cc1C. The largest absolute Gasteiger partial charge is 0.394 e. The number of aryl methyl sites for hydroxylation is 2. The predicted octanol–water partition coefficient (Wildman–Crippen LogP) is 1.69. The molecule has 0 spiro atoms. The Bertz CT molecular complexity index is 519. The van der Waals surface area contributed by atoms with E-state index in [4.69, 9.17) is 10.8 Å². The average molecular weight is 231 g/mol. The minimum Gasteiger partial charge on any atom is -0.394 e. The third-order valence-electron chi connectivity index (χ3n) is 2.96. The monoisotopic (exact) mass is 231 g/mol. The summed E-state index contributed by atoms with van der Waals surface area (Å²) in [5.41, 5.74) is 10.2. The normalized spacial score (nSPS) is 12.7. The first-order valence-corrected chi connectivity index (χ1v) is 5.60. The Morgan fingerprint density at radius 3 is 2.76 bits per heavy atom. The van der Waals surface area contributed by atoms with Crippen molar-refractivity contribution in [2.24, 2.45) is 5.73 Å². The van der Waals surface area contributed by atoms with E-state index in [0.29, 0.717) is 5.82 Å².